The maximum Gasteiger partial charge on any atom is 0.325 e. The molecular formula is C11H20N2O4. The molecule has 0 bridgehead atoms. The molecule has 6 nitrogen and oxygen atoms in total. The molecule has 0 spiro atoms. The van der Waals surface area contributed by atoms with Gasteiger partial charge in [-0.1, -0.05) is 0 Å². The fourth-order valence-electron chi connectivity index (χ4n) is 1.48. The molecule has 2 N–H and O–H groups in total. The van der Waals surface area contributed by atoms with Crippen LogP contribution in [-0.4, -0.2) is 55.7 Å². The first-order valence-electron chi connectivity index (χ1n) is 5.92. The zero-order chi connectivity index (χ0) is 12.7. The van der Waals surface area contributed by atoms with Crippen LogP contribution in [0.15, 0.2) is 0 Å². The predicted octanol–water partition coefficient (Wildman–Crippen LogP) is -0.484. The van der Waals surface area contributed by atoms with Gasteiger partial charge in [-0.05, 0) is 19.8 Å². The highest BCUT2D eigenvalue weighted by atomic mass is 16.5. The highest BCUT2D eigenvalue weighted by molar-refractivity contribution is 5.83. The van der Waals surface area contributed by atoms with E-state index in [4.69, 9.17) is 15.2 Å². The zero-order valence-corrected chi connectivity index (χ0v) is 10.2. The average molecular weight is 244 g/mol. The predicted molar refractivity (Wildman–Crippen MR) is 61.2 cm³/mol. The van der Waals surface area contributed by atoms with Gasteiger partial charge in [-0.15, -0.1) is 0 Å². The van der Waals surface area contributed by atoms with E-state index in [9.17, 15) is 9.59 Å². The molecule has 17 heavy (non-hydrogen) atoms. The maximum absolute atomic E-state index is 11.8. The SMILES string of the molecule is CCOC(=O)CN(C(=O)COCCN)C1CC1. The van der Waals surface area contributed by atoms with Gasteiger partial charge < -0.3 is 20.1 Å². The Balaban J connectivity index is 2.36. The van der Waals surface area contributed by atoms with Gasteiger partial charge in [0.15, 0.2) is 0 Å². The lowest BCUT2D eigenvalue weighted by Crippen LogP contribution is -2.40. The van der Waals surface area contributed by atoms with Crippen molar-refractivity contribution >= 4 is 11.9 Å². The fourth-order valence-corrected chi connectivity index (χ4v) is 1.48. The summed E-state index contributed by atoms with van der Waals surface area (Å²) in [5.74, 6) is -0.541. The molecule has 1 amide bonds. The molecule has 1 saturated carbocycles. The Morgan fingerprint density at radius 1 is 1.41 bits per heavy atom. The van der Waals surface area contributed by atoms with Crippen molar-refractivity contribution in [2.45, 2.75) is 25.8 Å². The quantitative estimate of drug-likeness (QED) is 0.460. The van der Waals surface area contributed by atoms with Crippen LogP contribution in [0.3, 0.4) is 0 Å². The lowest BCUT2D eigenvalue weighted by Gasteiger charge is -2.21. The highest BCUT2D eigenvalue weighted by Crippen LogP contribution is 2.26. The Labute approximate surface area is 101 Å². The Morgan fingerprint density at radius 2 is 2.12 bits per heavy atom. The van der Waals surface area contributed by atoms with E-state index in [-0.39, 0.29) is 31.1 Å². The van der Waals surface area contributed by atoms with Gasteiger partial charge in [-0.2, -0.15) is 0 Å². The molecule has 0 unspecified atom stereocenters. The number of hydrogen-bond acceptors (Lipinski definition) is 5. The molecule has 0 radical (unpaired) electrons. The van der Waals surface area contributed by atoms with E-state index in [0.29, 0.717) is 19.8 Å². The third-order valence-electron chi connectivity index (χ3n) is 2.40. The molecule has 0 atom stereocenters. The molecule has 0 heterocycles. The number of nitrogens with zero attached hydrogens (tertiary/aromatic N) is 1. The van der Waals surface area contributed by atoms with Crippen LogP contribution in [0.4, 0.5) is 0 Å². The van der Waals surface area contributed by atoms with Gasteiger partial charge in [-0.3, -0.25) is 9.59 Å². The van der Waals surface area contributed by atoms with Crippen LogP contribution in [-0.2, 0) is 19.1 Å². The minimum atomic E-state index is -0.369. The molecule has 98 valence electrons. The molecule has 1 fully saturated rings. The highest BCUT2D eigenvalue weighted by Gasteiger charge is 2.33. The fraction of sp³-hybridized carbons (Fsp3) is 0.818. The van der Waals surface area contributed by atoms with Crippen molar-refractivity contribution in [2.75, 3.05) is 32.9 Å². The maximum atomic E-state index is 11.8. The molecule has 6 heteroatoms. The lowest BCUT2D eigenvalue weighted by molar-refractivity contribution is -0.150. The number of nitrogens with two attached hydrogens (primary N) is 1. The third-order valence-corrected chi connectivity index (χ3v) is 2.40. The second-order valence-corrected chi connectivity index (χ2v) is 3.90. The topological polar surface area (TPSA) is 81.9 Å². The van der Waals surface area contributed by atoms with Crippen molar-refractivity contribution < 1.29 is 19.1 Å². The van der Waals surface area contributed by atoms with E-state index < -0.39 is 0 Å². The normalized spacial score (nSPS) is 14.5. The molecular weight excluding hydrogens is 224 g/mol. The van der Waals surface area contributed by atoms with E-state index in [2.05, 4.69) is 0 Å². The second kappa shape index (κ2) is 7.24. The van der Waals surface area contributed by atoms with Gasteiger partial charge >= 0.3 is 5.97 Å². The summed E-state index contributed by atoms with van der Waals surface area (Å²) in [5, 5.41) is 0. The minimum Gasteiger partial charge on any atom is -0.465 e. The van der Waals surface area contributed by atoms with Crippen LogP contribution >= 0.6 is 0 Å². The van der Waals surface area contributed by atoms with Crippen LogP contribution in [0.1, 0.15) is 19.8 Å². The summed E-state index contributed by atoms with van der Waals surface area (Å²) in [7, 11) is 0. The molecule has 0 aliphatic heterocycles. The first kappa shape index (κ1) is 13.9. The minimum absolute atomic E-state index is 0.0172. The van der Waals surface area contributed by atoms with Crippen LogP contribution in [0, 0.1) is 0 Å². The van der Waals surface area contributed by atoms with Crippen LogP contribution in [0.2, 0.25) is 0 Å². The summed E-state index contributed by atoms with van der Waals surface area (Å²) in [6.45, 7) is 2.80. The Hall–Kier alpha value is -1.14. The van der Waals surface area contributed by atoms with Crippen LogP contribution < -0.4 is 5.73 Å². The summed E-state index contributed by atoms with van der Waals surface area (Å²) in [4.78, 5) is 24.7. The van der Waals surface area contributed by atoms with E-state index >= 15 is 0 Å². The van der Waals surface area contributed by atoms with E-state index in [1.54, 1.807) is 6.92 Å². The monoisotopic (exact) mass is 244 g/mol. The first-order chi connectivity index (χ1) is 8.19. The number of esters is 1. The van der Waals surface area contributed by atoms with Gasteiger partial charge in [0, 0.05) is 12.6 Å². The Morgan fingerprint density at radius 3 is 2.65 bits per heavy atom. The largest absolute Gasteiger partial charge is 0.465 e. The number of carbonyl (C=O) groups excluding carboxylic acids is 2. The molecule has 0 aromatic rings. The summed E-state index contributed by atoms with van der Waals surface area (Å²) in [6.07, 6.45) is 1.89. The Kier molecular flexibility index (Phi) is 5.93. The van der Waals surface area contributed by atoms with Crippen molar-refractivity contribution in [3.05, 3.63) is 0 Å². The number of hydrogen-bond donors (Lipinski definition) is 1. The molecule has 0 aromatic carbocycles. The van der Waals surface area contributed by atoms with Gasteiger partial charge in [0.25, 0.3) is 0 Å². The molecule has 1 aliphatic rings. The van der Waals surface area contributed by atoms with Crippen molar-refractivity contribution in [1.82, 2.24) is 4.90 Å². The van der Waals surface area contributed by atoms with E-state index in [1.165, 1.54) is 4.90 Å². The third kappa shape index (κ3) is 5.14. The molecule has 0 saturated heterocycles. The molecule has 0 aromatic heterocycles. The van der Waals surface area contributed by atoms with Gasteiger partial charge in [0.2, 0.25) is 5.91 Å². The van der Waals surface area contributed by atoms with E-state index in [1.807, 2.05) is 0 Å². The molecule has 1 rings (SSSR count). The van der Waals surface area contributed by atoms with Gasteiger partial charge in [0.1, 0.15) is 13.2 Å². The first-order valence-corrected chi connectivity index (χ1v) is 5.92. The lowest BCUT2D eigenvalue weighted by atomic mass is 10.4. The van der Waals surface area contributed by atoms with Crippen molar-refractivity contribution in [1.29, 1.82) is 0 Å². The number of carbonyl (C=O) groups is 2. The number of ether oxygens (including phenoxy) is 2. The summed E-state index contributed by atoms with van der Waals surface area (Å²) in [6, 6.07) is 0.174. The number of rotatable bonds is 8. The van der Waals surface area contributed by atoms with Crippen molar-refractivity contribution in [3.8, 4) is 0 Å². The van der Waals surface area contributed by atoms with Crippen LogP contribution in [0.25, 0.3) is 0 Å². The van der Waals surface area contributed by atoms with Crippen molar-refractivity contribution in [3.63, 3.8) is 0 Å². The van der Waals surface area contributed by atoms with Gasteiger partial charge in [-0.25, -0.2) is 0 Å². The smallest absolute Gasteiger partial charge is 0.325 e. The van der Waals surface area contributed by atoms with Crippen molar-refractivity contribution in [2.24, 2.45) is 5.73 Å². The van der Waals surface area contributed by atoms with Crippen LogP contribution in [0.5, 0.6) is 0 Å². The average Bonchev–Trinajstić information content (AvgIpc) is 3.10. The Bertz CT molecular complexity index is 266. The number of amides is 1. The van der Waals surface area contributed by atoms with Gasteiger partial charge in [0.05, 0.1) is 13.2 Å². The summed E-state index contributed by atoms with van der Waals surface area (Å²) >= 11 is 0. The second-order valence-electron chi connectivity index (χ2n) is 3.90. The zero-order valence-electron chi connectivity index (χ0n) is 10.2. The molecule has 1 aliphatic carbocycles. The summed E-state index contributed by atoms with van der Waals surface area (Å²) < 4.78 is 9.91. The van der Waals surface area contributed by atoms with E-state index in [0.717, 1.165) is 12.8 Å². The summed E-state index contributed by atoms with van der Waals surface area (Å²) in [5.41, 5.74) is 5.26. The standard InChI is InChI=1S/C11H20N2O4/c1-2-17-11(15)7-13(9-3-4-9)10(14)8-16-6-5-12/h9H,2-8,12H2,1H3.